The highest BCUT2D eigenvalue weighted by Crippen LogP contribution is 2.25. The molecule has 106 valence electrons. The lowest BCUT2D eigenvalue weighted by Gasteiger charge is -2.26. The Morgan fingerprint density at radius 3 is 2.25 bits per heavy atom. The molecule has 1 unspecified atom stereocenters. The average Bonchev–Trinajstić information content (AvgIpc) is 2.42. The van der Waals surface area contributed by atoms with Crippen molar-refractivity contribution < 1.29 is 8.78 Å². The maximum atomic E-state index is 13.7. The second kappa shape index (κ2) is 5.71. The first-order valence-corrected chi connectivity index (χ1v) is 6.74. The molecule has 0 radical (unpaired) electrons. The van der Waals surface area contributed by atoms with Crippen LogP contribution in [0.2, 0.25) is 0 Å². The van der Waals surface area contributed by atoms with Gasteiger partial charge in [-0.3, -0.25) is 0 Å². The first-order valence-electron chi connectivity index (χ1n) is 6.74. The van der Waals surface area contributed by atoms with Gasteiger partial charge < -0.3 is 5.73 Å². The zero-order valence-electron chi connectivity index (χ0n) is 11.8. The predicted molar refractivity (Wildman–Crippen MR) is 77.4 cm³/mol. The number of halogens is 2. The summed E-state index contributed by atoms with van der Waals surface area (Å²) in [6.07, 6.45) is 1.29. The van der Waals surface area contributed by atoms with E-state index in [0.717, 1.165) is 18.1 Å². The van der Waals surface area contributed by atoms with Crippen LogP contribution < -0.4 is 5.73 Å². The maximum Gasteiger partial charge on any atom is 0.129 e. The molecule has 0 spiro atoms. The minimum atomic E-state index is -0.690. The number of hydrogen-bond acceptors (Lipinski definition) is 1. The minimum Gasteiger partial charge on any atom is -0.321 e. The van der Waals surface area contributed by atoms with Gasteiger partial charge in [-0.05, 0) is 42.5 Å². The van der Waals surface area contributed by atoms with Crippen molar-refractivity contribution in [3.8, 4) is 0 Å². The zero-order valence-corrected chi connectivity index (χ0v) is 11.8. The quantitative estimate of drug-likeness (QED) is 0.898. The van der Waals surface area contributed by atoms with Gasteiger partial charge in [0.25, 0.3) is 0 Å². The van der Waals surface area contributed by atoms with E-state index in [-0.39, 0.29) is 0 Å². The van der Waals surface area contributed by atoms with Gasteiger partial charge in [0, 0.05) is 11.6 Å². The van der Waals surface area contributed by atoms with E-state index in [9.17, 15) is 8.78 Å². The van der Waals surface area contributed by atoms with Crippen LogP contribution in [0.25, 0.3) is 0 Å². The van der Waals surface area contributed by atoms with Crippen LogP contribution in [0.1, 0.15) is 30.5 Å². The SMILES string of the molecule is CCc1ccc(C(C)(N)Cc2ccc(F)cc2F)cc1. The Balaban J connectivity index is 2.25. The summed E-state index contributed by atoms with van der Waals surface area (Å²) in [7, 11) is 0. The molecule has 0 aliphatic carbocycles. The Bertz CT molecular complexity index is 588. The van der Waals surface area contributed by atoms with E-state index in [1.165, 1.54) is 17.7 Å². The molecular weight excluding hydrogens is 256 g/mol. The van der Waals surface area contributed by atoms with Crippen LogP contribution in [0.5, 0.6) is 0 Å². The van der Waals surface area contributed by atoms with Crippen molar-refractivity contribution >= 4 is 0 Å². The topological polar surface area (TPSA) is 26.0 Å². The average molecular weight is 275 g/mol. The molecule has 2 aromatic rings. The van der Waals surface area contributed by atoms with Crippen molar-refractivity contribution in [2.75, 3.05) is 0 Å². The molecule has 0 amide bonds. The van der Waals surface area contributed by atoms with E-state index in [4.69, 9.17) is 5.73 Å². The highest BCUT2D eigenvalue weighted by Gasteiger charge is 2.23. The molecule has 1 atom stereocenters. The van der Waals surface area contributed by atoms with Gasteiger partial charge in [-0.1, -0.05) is 37.3 Å². The fraction of sp³-hybridized carbons (Fsp3) is 0.294. The predicted octanol–water partition coefficient (Wildman–Crippen LogP) is 3.94. The van der Waals surface area contributed by atoms with Gasteiger partial charge in [0.15, 0.2) is 0 Å². The monoisotopic (exact) mass is 275 g/mol. The molecule has 2 rings (SSSR count). The van der Waals surface area contributed by atoms with Gasteiger partial charge in [0.2, 0.25) is 0 Å². The summed E-state index contributed by atoms with van der Waals surface area (Å²) >= 11 is 0. The van der Waals surface area contributed by atoms with Crippen LogP contribution >= 0.6 is 0 Å². The van der Waals surface area contributed by atoms with Crippen molar-refractivity contribution in [1.82, 2.24) is 0 Å². The highest BCUT2D eigenvalue weighted by atomic mass is 19.1. The van der Waals surface area contributed by atoms with E-state index in [1.807, 2.05) is 31.2 Å². The molecule has 0 saturated carbocycles. The molecule has 2 aromatic carbocycles. The van der Waals surface area contributed by atoms with E-state index >= 15 is 0 Å². The van der Waals surface area contributed by atoms with Gasteiger partial charge in [-0.2, -0.15) is 0 Å². The molecule has 3 heteroatoms. The molecule has 0 aliphatic rings. The van der Waals surface area contributed by atoms with Crippen LogP contribution in [-0.2, 0) is 18.4 Å². The number of hydrogen-bond donors (Lipinski definition) is 1. The van der Waals surface area contributed by atoms with Crippen molar-refractivity contribution in [2.45, 2.75) is 32.2 Å². The Labute approximate surface area is 118 Å². The fourth-order valence-electron chi connectivity index (χ4n) is 2.28. The summed E-state index contributed by atoms with van der Waals surface area (Å²) < 4.78 is 26.6. The fourth-order valence-corrected chi connectivity index (χ4v) is 2.28. The maximum absolute atomic E-state index is 13.7. The number of nitrogens with two attached hydrogens (primary N) is 1. The standard InChI is InChI=1S/C17H19F2N/c1-3-12-4-7-14(8-5-12)17(2,20)11-13-6-9-15(18)10-16(13)19/h4-10H,3,11,20H2,1-2H3. The molecule has 0 fully saturated rings. The van der Waals surface area contributed by atoms with Crippen LogP contribution in [0, 0.1) is 11.6 Å². The third-order valence-corrected chi connectivity index (χ3v) is 3.59. The smallest absolute Gasteiger partial charge is 0.129 e. The van der Waals surface area contributed by atoms with Crippen molar-refractivity contribution in [1.29, 1.82) is 0 Å². The van der Waals surface area contributed by atoms with Gasteiger partial charge in [-0.25, -0.2) is 8.78 Å². The van der Waals surface area contributed by atoms with Gasteiger partial charge >= 0.3 is 0 Å². The van der Waals surface area contributed by atoms with Gasteiger partial charge in [-0.15, -0.1) is 0 Å². The molecule has 20 heavy (non-hydrogen) atoms. The summed E-state index contributed by atoms with van der Waals surface area (Å²) in [6, 6.07) is 11.6. The van der Waals surface area contributed by atoms with Crippen LogP contribution in [-0.4, -0.2) is 0 Å². The Morgan fingerprint density at radius 1 is 1.05 bits per heavy atom. The minimum absolute atomic E-state index is 0.324. The van der Waals surface area contributed by atoms with Crippen LogP contribution in [0.4, 0.5) is 8.78 Å². The Kier molecular flexibility index (Phi) is 4.19. The first kappa shape index (κ1) is 14.7. The van der Waals surface area contributed by atoms with E-state index in [2.05, 4.69) is 6.92 Å². The van der Waals surface area contributed by atoms with Gasteiger partial charge in [0.05, 0.1) is 0 Å². The summed E-state index contributed by atoms with van der Waals surface area (Å²) in [5, 5.41) is 0. The number of aryl methyl sites for hydroxylation is 1. The lowest BCUT2D eigenvalue weighted by molar-refractivity contribution is 0.472. The summed E-state index contributed by atoms with van der Waals surface area (Å²) in [5.74, 6) is -1.12. The Morgan fingerprint density at radius 2 is 1.70 bits per heavy atom. The lowest BCUT2D eigenvalue weighted by atomic mass is 9.86. The number of rotatable bonds is 4. The third-order valence-electron chi connectivity index (χ3n) is 3.59. The first-order chi connectivity index (χ1) is 9.42. The second-order valence-corrected chi connectivity index (χ2v) is 5.38. The lowest BCUT2D eigenvalue weighted by Crippen LogP contribution is -2.35. The molecular formula is C17H19F2N. The van der Waals surface area contributed by atoms with Crippen molar-refractivity contribution in [2.24, 2.45) is 5.73 Å². The molecule has 0 saturated heterocycles. The highest BCUT2D eigenvalue weighted by molar-refractivity contribution is 5.31. The van der Waals surface area contributed by atoms with Crippen LogP contribution in [0.15, 0.2) is 42.5 Å². The molecule has 0 aliphatic heterocycles. The van der Waals surface area contributed by atoms with Crippen molar-refractivity contribution in [3.05, 3.63) is 70.8 Å². The van der Waals surface area contributed by atoms with Crippen LogP contribution in [0.3, 0.4) is 0 Å². The molecule has 0 heterocycles. The normalized spacial score (nSPS) is 14.1. The summed E-state index contributed by atoms with van der Waals surface area (Å²) in [5.41, 5.74) is 8.22. The summed E-state index contributed by atoms with van der Waals surface area (Å²) in [4.78, 5) is 0. The largest absolute Gasteiger partial charge is 0.321 e. The number of benzene rings is 2. The molecule has 2 N–H and O–H groups in total. The third kappa shape index (κ3) is 3.23. The van der Waals surface area contributed by atoms with Gasteiger partial charge in [0.1, 0.15) is 11.6 Å². The molecule has 0 bridgehead atoms. The molecule has 0 aromatic heterocycles. The summed E-state index contributed by atoms with van der Waals surface area (Å²) in [6.45, 7) is 3.95. The van der Waals surface area contributed by atoms with Crippen molar-refractivity contribution in [3.63, 3.8) is 0 Å². The van der Waals surface area contributed by atoms with E-state index in [1.54, 1.807) is 0 Å². The Hall–Kier alpha value is -1.74. The second-order valence-electron chi connectivity index (χ2n) is 5.38. The van der Waals surface area contributed by atoms with E-state index in [0.29, 0.717) is 12.0 Å². The van der Waals surface area contributed by atoms with E-state index < -0.39 is 17.2 Å². The molecule has 1 nitrogen and oxygen atoms in total. The zero-order chi connectivity index (χ0) is 14.8.